The minimum absolute atomic E-state index is 0.411. The molecular formula is C9H8N2O2. The molecule has 0 saturated carbocycles. The molecule has 1 aromatic carbocycles. The Morgan fingerprint density at radius 3 is 2.85 bits per heavy atom. The summed E-state index contributed by atoms with van der Waals surface area (Å²) < 4.78 is 4.95. The van der Waals surface area contributed by atoms with Crippen molar-refractivity contribution in [1.82, 2.24) is 0 Å². The Hall–Kier alpha value is -1.81. The van der Waals surface area contributed by atoms with Gasteiger partial charge in [-0.15, -0.1) is 0 Å². The van der Waals surface area contributed by atoms with Crippen molar-refractivity contribution in [2.45, 2.75) is 0 Å². The molecule has 13 heavy (non-hydrogen) atoms. The molecule has 0 amide bonds. The molecule has 66 valence electrons. The van der Waals surface area contributed by atoms with Crippen molar-refractivity contribution in [3.63, 3.8) is 0 Å². The molecule has 0 aliphatic rings. The van der Waals surface area contributed by atoms with Crippen LogP contribution in [0.15, 0.2) is 39.5 Å². The molecule has 2 rings (SSSR count). The maximum atomic E-state index is 11.0. The Morgan fingerprint density at radius 1 is 1.31 bits per heavy atom. The Labute approximate surface area is 73.9 Å². The van der Waals surface area contributed by atoms with Gasteiger partial charge in [0.1, 0.15) is 5.58 Å². The summed E-state index contributed by atoms with van der Waals surface area (Å²) in [7, 11) is 0. The fourth-order valence-corrected chi connectivity index (χ4v) is 1.23. The number of para-hydroxylation sites is 1. The van der Waals surface area contributed by atoms with Crippen LogP contribution in [-0.4, -0.2) is 0 Å². The van der Waals surface area contributed by atoms with E-state index < -0.39 is 5.63 Å². The minimum Gasteiger partial charge on any atom is -0.423 e. The summed E-state index contributed by atoms with van der Waals surface area (Å²) in [5, 5.41) is 0.796. The van der Waals surface area contributed by atoms with Crippen LogP contribution in [0, 0.1) is 0 Å². The number of nitrogens with one attached hydrogen (secondary N) is 1. The first-order valence-corrected chi connectivity index (χ1v) is 3.81. The zero-order valence-corrected chi connectivity index (χ0v) is 6.78. The summed E-state index contributed by atoms with van der Waals surface area (Å²) in [4.78, 5) is 11.0. The van der Waals surface area contributed by atoms with Gasteiger partial charge in [0, 0.05) is 11.5 Å². The molecule has 1 heterocycles. The van der Waals surface area contributed by atoms with Crippen LogP contribution in [-0.2, 0) is 0 Å². The van der Waals surface area contributed by atoms with Crippen LogP contribution < -0.4 is 16.9 Å². The number of fused-ring (bicyclic) bond motifs is 1. The first kappa shape index (κ1) is 7.82. The van der Waals surface area contributed by atoms with Crippen LogP contribution in [0.1, 0.15) is 0 Å². The third-order valence-corrected chi connectivity index (χ3v) is 1.81. The second kappa shape index (κ2) is 2.91. The van der Waals surface area contributed by atoms with Crippen molar-refractivity contribution in [3.8, 4) is 0 Å². The number of nitrogens with two attached hydrogens (primary N) is 1. The quantitative estimate of drug-likeness (QED) is 0.387. The highest BCUT2D eigenvalue weighted by Crippen LogP contribution is 2.19. The smallest absolute Gasteiger partial charge is 0.338 e. The fraction of sp³-hybridized carbons (Fsp3) is 0. The summed E-state index contributed by atoms with van der Waals surface area (Å²) >= 11 is 0. The number of benzene rings is 1. The molecular weight excluding hydrogens is 168 g/mol. The van der Waals surface area contributed by atoms with Crippen molar-refractivity contribution >= 4 is 16.7 Å². The Balaban J connectivity index is 2.89. The second-order valence-electron chi connectivity index (χ2n) is 2.62. The monoisotopic (exact) mass is 176 g/mol. The van der Waals surface area contributed by atoms with Crippen molar-refractivity contribution < 1.29 is 4.42 Å². The molecule has 0 fully saturated rings. The normalized spacial score (nSPS) is 10.2. The van der Waals surface area contributed by atoms with Gasteiger partial charge in [0.15, 0.2) is 0 Å². The summed E-state index contributed by atoms with van der Waals surface area (Å²) in [5.41, 5.74) is 3.15. The third-order valence-electron chi connectivity index (χ3n) is 1.81. The van der Waals surface area contributed by atoms with E-state index in [1.807, 2.05) is 12.1 Å². The molecule has 2 aromatic rings. The maximum absolute atomic E-state index is 11.0. The van der Waals surface area contributed by atoms with Crippen LogP contribution >= 0.6 is 0 Å². The molecule has 0 unspecified atom stereocenters. The number of rotatable bonds is 1. The van der Waals surface area contributed by atoms with E-state index in [2.05, 4.69) is 5.43 Å². The molecule has 0 atom stereocenters. The summed E-state index contributed by atoms with van der Waals surface area (Å²) in [5.74, 6) is 5.25. The first-order chi connectivity index (χ1) is 6.31. The zero-order valence-electron chi connectivity index (χ0n) is 6.78. The number of nitrogen functional groups attached to an aromatic ring is 1. The first-order valence-electron chi connectivity index (χ1n) is 3.81. The molecule has 0 radical (unpaired) electrons. The van der Waals surface area contributed by atoms with Gasteiger partial charge in [-0.2, -0.15) is 0 Å². The van der Waals surface area contributed by atoms with Gasteiger partial charge in [-0.05, 0) is 12.1 Å². The average Bonchev–Trinajstić information content (AvgIpc) is 2.16. The van der Waals surface area contributed by atoms with Crippen molar-refractivity contribution in [2.75, 3.05) is 5.43 Å². The molecule has 0 aliphatic heterocycles. The molecule has 0 aliphatic carbocycles. The minimum atomic E-state index is -0.411. The highest BCUT2D eigenvalue weighted by molar-refractivity contribution is 5.89. The van der Waals surface area contributed by atoms with E-state index in [4.69, 9.17) is 10.3 Å². The van der Waals surface area contributed by atoms with Gasteiger partial charge < -0.3 is 9.84 Å². The molecule has 4 heteroatoms. The van der Waals surface area contributed by atoms with Gasteiger partial charge >= 0.3 is 5.63 Å². The van der Waals surface area contributed by atoms with E-state index in [0.29, 0.717) is 11.3 Å². The largest absolute Gasteiger partial charge is 0.423 e. The van der Waals surface area contributed by atoms with Gasteiger partial charge in [-0.3, -0.25) is 5.84 Å². The van der Waals surface area contributed by atoms with E-state index in [-0.39, 0.29) is 0 Å². The van der Waals surface area contributed by atoms with Crippen LogP contribution in [0.3, 0.4) is 0 Å². The van der Waals surface area contributed by atoms with E-state index in [1.54, 1.807) is 12.1 Å². The molecule has 0 saturated heterocycles. The number of hydrazine groups is 1. The number of anilines is 1. The van der Waals surface area contributed by atoms with Crippen LogP contribution in [0.5, 0.6) is 0 Å². The van der Waals surface area contributed by atoms with E-state index in [9.17, 15) is 4.79 Å². The van der Waals surface area contributed by atoms with Gasteiger partial charge in [0.2, 0.25) is 0 Å². The Kier molecular flexibility index (Phi) is 1.75. The lowest BCUT2D eigenvalue weighted by Crippen LogP contribution is -2.10. The number of hydrogen-bond donors (Lipinski definition) is 2. The van der Waals surface area contributed by atoms with Gasteiger partial charge in [0.05, 0.1) is 5.69 Å². The van der Waals surface area contributed by atoms with Crippen molar-refractivity contribution in [2.24, 2.45) is 5.84 Å². The molecule has 0 spiro atoms. The standard InChI is InChI=1S/C9H8N2O2/c10-11-7-5-9(12)13-8-4-2-1-3-6(7)8/h1-5,11H,10H2. The van der Waals surface area contributed by atoms with Gasteiger partial charge in [-0.1, -0.05) is 12.1 Å². The van der Waals surface area contributed by atoms with Gasteiger partial charge in [0.25, 0.3) is 0 Å². The van der Waals surface area contributed by atoms with Gasteiger partial charge in [-0.25, -0.2) is 4.79 Å². The third kappa shape index (κ3) is 1.27. The molecule has 1 aromatic heterocycles. The second-order valence-corrected chi connectivity index (χ2v) is 2.62. The van der Waals surface area contributed by atoms with E-state index >= 15 is 0 Å². The highest BCUT2D eigenvalue weighted by atomic mass is 16.4. The summed E-state index contributed by atoms with van der Waals surface area (Å²) in [6, 6.07) is 8.52. The SMILES string of the molecule is NNc1cc(=O)oc2ccccc12. The molecule has 4 nitrogen and oxygen atoms in total. The maximum Gasteiger partial charge on any atom is 0.338 e. The Morgan fingerprint density at radius 2 is 2.08 bits per heavy atom. The highest BCUT2D eigenvalue weighted by Gasteiger charge is 2.01. The zero-order chi connectivity index (χ0) is 9.26. The lowest BCUT2D eigenvalue weighted by Gasteiger charge is -2.02. The lowest BCUT2D eigenvalue weighted by molar-refractivity contribution is 0.561. The number of hydrogen-bond acceptors (Lipinski definition) is 4. The average molecular weight is 176 g/mol. The van der Waals surface area contributed by atoms with Crippen LogP contribution in [0.4, 0.5) is 5.69 Å². The predicted molar refractivity (Wildman–Crippen MR) is 50.3 cm³/mol. The Bertz CT molecular complexity index is 490. The lowest BCUT2D eigenvalue weighted by atomic mass is 10.2. The van der Waals surface area contributed by atoms with E-state index in [0.717, 1.165) is 5.39 Å². The van der Waals surface area contributed by atoms with Crippen molar-refractivity contribution in [1.29, 1.82) is 0 Å². The summed E-state index contributed by atoms with van der Waals surface area (Å²) in [6.45, 7) is 0. The topological polar surface area (TPSA) is 68.3 Å². The molecule has 0 bridgehead atoms. The van der Waals surface area contributed by atoms with Crippen LogP contribution in [0.2, 0.25) is 0 Å². The molecule has 3 N–H and O–H groups in total. The predicted octanol–water partition coefficient (Wildman–Crippen LogP) is 1.08. The van der Waals surface area contributed by atoms with Crippen molar-refractivity contribution in [3.05, 3.63) is 40.8 Å². The summed E-state index contributed by atoms with van der Waals surface area (Å²) in [6.07, 6.45) is 0. The fourth-order valence-electron chi connectivity index (χ4n) is 1.23. The van der Waals surface area contributed by atoms with Crippen LogP contribution in [0.25, 0.3) is 11.0 Å². The van der Waals surface area contributed by atoms with E-state index in [1.165, 1.54) is 6.07 Å².